The van der Waals surface area contributed by atoms with Crippen molar-refractivity contribution in [3.05, 3.63) is 82.7 Å². The molecule has 3 fully saturated rings. The zero-order chi connectivity index (χ0) is 28.2. The fourth-order valence-corrected chi connectivity index (χ4v) is 6.45. The lowest BCUT2D eigenvalue weighted by Gasteiger charge is -2.20. The van der Waals surface area contributed by atoms with Crippen LogP contribution in [0.3, 0.4) is 0 Å². The molecule has 2 aromatic carbocycles. The quantitative estimate of drug-likeness (QED) is 0.461. The number of aryl methyl sites for hydroxylation is 1. The van der Waals surface area contributed by atoms with Crippen LogP contribution in [-0.4, -0.2) is 47.0 Å². The van der Waals surface area contributed by atoms with Crippen molar-refractivity contribution < 1.29 is 14.3 Å². The number of ether oxygens (including phenoxy) is 1. The van der Waals surface area contributed by atoms with Gasteiger partial charge in [-0.25, -0.2) is 0 Å². The fraction of sp³-hybridized carbons (Fsp3) is 0.394. The molecule has 4 atom stereocenters. The summed E-state index contributed by atoms with van der Waals surface area (Å²) in [6.45, 7) is 9.64. The number of benzene rings is 2. The number of amides is 2. The van der Waals surface area contributed by atoms with Gasteiger partial charge in [0.2, 0.25) is 0 Å². The van der Waals surface area contributed by atoms with Gasteiger partial charge in [-0.3, -0.25) is 14.6 Å². The maximum absolute atomic E-state index is 13.3. The second-order valence-corrected chi connectivity index (χ2v) is 12.4. The van der Waals surface area contributed by atoms with Crippen molar-refractivity contribution in [3.8, 4) is 17.2 Å². The minimum absolute atomic E-state index is 0.0745. The van der Waals surface area contributed by atoms with Gasteiger partial charge in [0.25, 0.3) is 11.8 Å². The van der Waals surface area contributed by atoms with Crippen molar-refractivity contribution in [1.82, 2.24) is 9.88 Å². The van der Waals surface area contributed by atoms with Crippen molar-refractivity contribution in [2.24, 2.45) is 11.8 Å². The first-order valence-electron chi connectivity index (χ1n) is 14.0. The Kier molecular flexibility index (Phi) is 6.47. The third kappa shape index (κ3) is 4.77. The van der Waals surface area contributed by atoms with E-state index >= 15 is 0 Å². The Morgan fingerprint density at radius 2 is 1.68 bits per heavy atom. The Morgan fingerprint density at radius 1 is 1.00 bits per heavy atom. The Labute approximate surface area is 235 Å². The lowest BCUT2D eigenvalue weighted by molar-refractivity contribution is 0.0594. The van der Waals surface area contributed by atoms with E-state index in [-0.39, 0.29) is 17.2 Å². The number of carbonyl (C=O) groups excluding carboxylic acids is 2. The predicted octanol–water partition coefficient (Wildman–Crippen LogP) is 5.73. The number of rotatable bonds is 4. The zero-order valence-corrected chi connectivity index (χ0v) is 23.4. The molecule has 1 N–H and O–H groups in total. The summed E-state index contributed by atoms with van der Waals surface area (Å²) >= 11 is 0. The van der Waals surface area contributed by atoms with E-state index < -0.39 is 0 Å². The highest BCUT2D eigenvalue weighted by Gasteiger charge is 2.53. The molecule has 3 aliphatic rings. The van der Waals surface area contributed by atoms with Gasteiger partial charge in [0, 0.05) is 47.3 Å². The smallest absolute Gasteiger partial charge is 0.255 e. The highest BCUT2D eigenvalue weighted by molar-refractivity contribution is 6.05. The lowest BCUT2D eigenvalue weighted by atomic mass is 9.82. The average molecular weight is 535 g/mol. The summed E-state index contributed by atoms with van der Waals surface area (Å²) in [4.78, 5) is 32.9. The van der Waals surface area contributed by atoms with Crippen LogP contribution < -0.4 is 5.32 Å². The van der Waals surface area contributed by atoms with E-state index in [2.05, 4.69) is 37.1 Å². The van der Waals surface area contributed by atoms with E-state index in [9.17, 15) is 14.9 Å². The number of pyridine rings is 1. The van der Waals surface area contributed by atoms with Crippen LogP contribution in [0, 0.1) is 30.1 Å². The van der Waals surface area contributed by atoms with Gasteiger partial charge in [-0.2, -0.15) is 5.26 Å². The van der Waals surface area contributed by atoms with Crippen LogP contribution in [0.25, 0.3) is 11.1 Å². The summed E-state index contributed by atoms with van der Waals surface area (Å²) in [6, 6.07) is 17.0. The largest absolute Gasteiger partial charge is 0.374 e. The van der Waals surface area contributed by atoms with Gasteiger partial charge in [0.15, 0.2) is 0 Å². The predicted molar refractivity (Wildman–Crippen MR) is 153 cm³/mol. The highest BCUT2D eigenvalue weighted by Crippen LogP contribution is 2.47. The number of nitrogens with zero attached hydrogens (tertiary/aromatic N) is 3. The van der Waals surface area contributed by atoms with Crippen LogP contribution in [0.4, 0.5) is 5.69 Å². The first kappa shape index (κ1) is 26.2. The summed E-state index contributed by atoms with van der Waals surface area (Å²) < 4.78 is 6.05. The minimum Gasteiger partial charge on any atom is -0.374 e. The molecule has 3 saturated heterocycles. The van der Waals surface area contributed by atoms with Crippen LogP contribution in [0.15, 0.2) is 54.7 Å². The molecule has 7 nitrogen and oxygen atoms in total. The van der Waals surface area contributed by atoms with Crippen LogP contribution in [0.2, 0.25) is 0 Å². The maximum atomic E-state index is 13.3. The normalized spacial score (nSPS) is 23.1. The molecule has 0 aliphatic carbocycles. The third-order valence-corrected chi connectivity index (χ3v) is 8.72. The van der Waals surface area contributed by atoms with Gasteiger partial charge in [-0.15, -0.1) is 0 Å². The Morgan fingerprint density at radius 3 is 2.30 bits per heavy atom. The minimum atomic E-state index is -0.297. The summed E-state index contributed by atoms with van der Waals surface area (Å²) in [5, 5.41) is 12.4. The molecule has 204 valence electrons. The van der Waals surface area contributed by atoms with E-state index in [1.807, 2.05) is 54.3 Å². The number of aromatic nitrogens is 1. The highest BCUT2D eigenvalue weighted by atomic mass is 16.5. The average Bonchev–Trinajstić information content (AvgIpc) is 3.67. The number of carbonyl (C=O) groups is 2. The van der Waals surface area contributed by atoms with E-state index in [4.69, 9.17) is 4.74 Å². The first-order valence-corrected chi connectivity index (χ1v) is 14.0. The summed E-state index contributed by atoms with van der Waals surface area (Å²) in [5.41, 5.74) is 5.47. The molecule has 6 rings (SSSR count). The SMILES string of the molecule is Cc1ncc(NC(=O)c2cc(C#N)cc(C(C)(C)C)c2)cc1-c1ccc(C(=O)N2CC3C4CCC(O4)C3C2)cc1. The number of nitrogens with one attached hydrogen (secondary N) is 1. The molecular weight excluding hydrogens is 500 g/mol. The van der Waals surface area contributed by atoms with E-state index in [1.165, 1.54) is 0 Å². The third-order valence-electron chi connectivity index (χ3n) is 8.72. The molecule has 0 radical (unpaired) electrons. The van der Waals surface area contributed by atoms with Crippen molar-refractivity contribution in [1.29, 1.82) is 5.26 Å². The van der Waals surface area contributed by atoms with Crippen LogP contribution in [0.5, 0.6) is 0 Å². The van der Waals surface area contributed by atoms with Crippen molar-refractivity contribution in [3.63, 3.8) is 0 Å². The molecule has 7 heteroatoms. The first-order chi connectivity index (χ1) is 19.1. The van der Waals surface area contributed by atoms with Crippen LogP contribution in [0.1, 0.15) is 71.1 Å². The van der Waals surface area contributed by atoms with Gasteiger partial charge < -0.3 is 15.0 Å². The topological polar surface area (TPSA) is 95.3 Å². The monoisotopic (exact) mass is 534 g/mol. The van der Waals surface area contributed by atoms with Gasteiger partial charge in [-0.1, -0.05) is 32.9 Å². The molecule has 3 aromatic rings. The number of hydrogen-bond acceptors (Lipinski definition) is 5. The van der Waals surface area contributed by atoms with Crippen LogP contribution in [-0.2, 0) is 10.2 Å². The zero-order valence-electron chi connectivity index (χ0n) is 23.4. The molecule has 4 heterocycles. The number of fused-ring (bicyclic) bond motifs is 5. The molecule has 0 saturated carbocycles. The van der Waals surface area contributed by atoms with Crippen molar-refractivity contribution >= 4 is 17.5 Å². The molecule has 1 aromatic heterocycles. The lowest BCUT2D eigenvalue weighted by Crippen LogP contribution is -2.31. The molecular formula is C33H34N4O3. The van der Waals surface area contributed by atoms with E-state index in [0.717, 1.165) is 48.3 Å². The Hall–Kier alpha value is -4.02. The van der Waals surface area contributed by atoms with E-state index in [1.54, 1.807) is 12.3 Å². The van der Waals surface area contributed by atoms with Crippen molar-refractivity contribution in [2.45, 2.75) is 58.2 Å². The van der Waals surface area contributed by atoms with Gasteiger partial charge in [0.05, 0.1) is 35.7 Å². The summed E-state index contributed by atoms with van der Waals surface area (Å²) in [5.74, 6) is 0.743. The molecule has 4 unspecified atom stereocenters. The molecule has 40 heavy (non-hydrogen) atoms. The Bertz CT molecular complexity index is 1510. The molecule has 2 amide bonds. The second-order valence-electron chi connectivity index (χ2n) is 12.4. The number of nitriles is 1. The van der Waals surface area contributed by atoms with E-state index in [0.29, 0.717) is 46.4 Å². The van der Waals surface area contributed by atoms with Crippen molar-refractivity contribution in [2.75, 3.05) is 18.4 Å². The maximum Gasteiger partial charge on any atom is 0.255 e. The molecule has 2 bridgehead atoms. The molecule has 3 aliphatic heterocycles. The number of anilines is 1. The second kappa shape index (κ2) is 9.87. The number of hydrogen-bond donors (Lipinski definition) is 1. The number of likely N-dealkylation sites (tertiary alicyclic amines) is 1. The standard InChI is InChI=1S/C33H34N4O3/c1-19-26(14-25(16-35-19)36-31(38)23-11-20(15-34)12-24(13-23)33(2,3)4)21-5-7-22(8-6-21)32(39)37-17-27-28(18-37)30-10-9-29(27)40-30/h5-8,11-14,16,27-30H,9-10,17-18H2,1-4H3,(H,36,38). The van der Waals surface area contributed by atoms with Gasteiger partial charge in [-0.05, 0) is 72.7 Å². The Balaban J connectivity index is 1.18. The van der Waals surface area contributed by atoms with Crippen LogP contribution >= 0.6 is 0 Å². The van der Waals surface area contributed by atoms with Gasteiger partial charge in [0.1, 0.15) is 0 Å². The summed E-state index contributed by atoms with van der Waals surface area (Å²) in [6.07, 6.45) is 4.54. The molecule has 0 spiro atoms. The summed E-state index contributed by atoms with van der Waals surface area (Å²) in [7, 11) is 0. The van der Waals surface area contributed by atoms with Gasteiger partial charge >= 0.3 is 0 Å². The fourth-order valence-electron chi connectivity index (χ4n) is 6.45.